The second-order valence-electron chi connectivity index (χ2n) is 6.67. The minimum atomic E-state index is 0. The summed E-state index contributed by atoms with van der Waals surface area (Å²) in [4.78, 5) is 0. The van der Waals surface area contributed by atoms with Crippen LogP contribution in [0.4, 0.5) is 17.5 Å². The van der Waals surface area contributed by atoms with Gasteiger partial charge in [-0.25, -0.2) is 13.8 Å². The van der Waals surface area contributed by atoms with Gasteiger partial charge in [-0.15, -0.1) is 11.6 Å². The van der Waals surface area contributed by atoms with Crippen LogP contribution in [0.3, 0.4) is 0 Å². The Hall–Kier alpha value is -1.45. The van der Waals surface area contributed by atoms with Gasteiger partial charge in [0.15, 0.2) is 11.5 Å². The Morgan fingerprint density at radius 3 is 2.89 bits per heavy atom. The van der Waals surface area contributed by atoms with Gasteiger partial charge in [-0.3, -0.25) is 0 Å². The molecule has 0 unspecified atom stereocenters. The number of nitrogens with one attached hydrogen (secondary N) is 1. The van der Waals surface area contributed by atoms with Crippen molar-refractivity contribution in [3.8, 4) is 0 Å². The van der Waals surface area contributed by atoms with Crippen molar-refractivity contribution in [1.29, 1.82) is 0 Å². The number of halogens is 2. The number of nitrogens with zero attached hydrogens (tertiary/aromatic N) is 6. The summed E-state index contributed by atoms with van der Waals surface area (Å²) in [5, 5.41) is 16.8. The molecular formula is C18H32BrClN8. The van der Waals surface area contributed by atoms with Gasteiger partial charge in [-0.05, 0) is 19.3 Å². The molecule has 1 aliphatic rings. The first-order chi connectivity index (χ1) is 12.8. The van der Waals surface area contributed by atoms with Crippen molar-refractivity contribution in [3.63, 3.8) is 0 Å². The fraction of sp³-hybridized carbons (Fsp3) is 0.667. The number of rotatable bonds is 10. The first kappa shape index (κ1) is 24.6. The van der Waals surface area contributed by atoms with Crippen molar-refractivity contribution in [1.82, 2.24) is 20.5 Å². The van der Waals surface area contributed by atoms with Gasteiger partial charge in [0.05, 0.1) is 31.7 Å². The molecular weight excluding hydrogens is 444 g/mol. The van der Waals surface area contributed by atoms with Crippen LogP contribution in [0.15, 0.2) is 28.8 Å². The summed E-state index contributed by atoms with van der Waals surface area (Å²) in [6, 6.07) is 0. The van der Waals surface area contributed by atoms with E-state index in [0.29, 0.717) is 5.88 Å². The molecule has 0 aliphatic carbocycles. The monoisotopic (exact) mass is 474 g/mol. The minimum Gasteiger partial charge on any atom is -1.00 e. The summed E-state index contributed by atoms with van der Waals surface area (Å²) in [5.74, 6) is 2.49. The zero-order valence-corrected chi connectivity index (χ0v) is 19.0. The summed E-state index contributed by atoms with van der Waals surface area (Å²) < 4.78 is 6.29. The molecule has 2 aromatic heterocycles. The topological polar surface area (TPSA) is 98.4 Å². The molecule has 8 nitrogen and oxygen atoms in total. The molecule has 4 N–H and O–H groups in total. The number of unbranched alkanes of at least 4 members (excludes halogenated alkanes) is 3. The minimum absolute atomic E-state index is 0. The molecule has 10 heteroatoms. The quantitative estimate of drug-likeness (QED) is 0.236. The largest absolute Gasteiger partial charge is 1.00 e. The number of hydrogen-bond donors (Lipinski definition) is 2. The molecule has 0 amide bonds. The van der Waals surface area contributed by atoms with E-state index in [1.54, 1.807) is 6.20 Å². The van der Waals surface area contributed by atoms with Crippen molar-refractivity contribution in [2.24, 2.45) is 10.2 Å². The Bertz CT molecular complexity index is 727. The predicted octanol–water partition coefficient (Wildman–Crippen LogP) is 1.58. The molecule has 0 spiro atoms. The van der Waals surface area contributed by atoms with Crippen LogP contribution in [-0.2, 0) is 19.6 Å². The first-order valence-electron chi connectivity index (χ1n) is 9.69. The van der Waals surface area contributed by atoms with Crippen molar-refractivity contribution in [2.45, 2.75) is 65.1 Å². The first-order valence-corrected chi connectivity index (χ1v) is 10.2. The van der Waals surface area contributed by atoms with Crippen LogP contribution in [0, 0.1) is 0 Å². The summed E-state index contributed by atoms with van der Waals surface area (Å²) in [5.41, 5.74) is 0.798. The van der Waals surface area contributed by atoms with Crippen LogP contribution in [0.1, 0.15) is 45.4 Å². The van der Waals surface area contributed by atoms with E-state index in [4.69, 9.17) is 11.6 Å². The molecule has 0 bridgehead atoms. The Balaban J connectivity index is 0.00000196. The van der Waals surface area contributed by atoms with Crippen molar-refractivity contribution in [2.75, 3.05) is 17.7 Å². The van der Waals surface area contributed by atoms with E-state index in [-0.39, 0.29) is 23.1 Å². The van der Waals surface area contributed by atoms with Crippen LogP contribution >= 0.6 is 11.6 Å². The van der Waals surface area contributed by atoms with Crippen LogP contribution in [0.2, 0.25) is 0 Å². The lowest BCUT2D eigenvalue weighted by molar-refractivity contribution is -0.683. The molecule has 0 aromatic carbocycles. The van der Waals surface area contributed by atoms with Crippen LogP contribution in [0.25, 0.3) is 0 Å². The van der Waals surface area contributed by atoms with Gasteiger partial charge in [0.1, 0.15) is 0 Å². The zero-order chi connectivity index (χ0) is 18.2. The van der Waals surface area contributed by atoms with Gasteiger partial charge >= 0.3 is 5.95 Å². The second-order valence-corrected chi connectivity index (χ2v) is 7.05. The average molecular weight is 476 g/mol. The smallest absolute Gasteiger partial charge is 0.421 e. The van der Waals surface area contributed by atoms with E-state index < -0.39 is 0 Å². The Morgan fingerprint density at radius 2 is 2.11 bits per heavy atom. The van der Waals surface area contributed by atoms with E-state index in [0.717, 1.165) is 62.9 Å². The molecule has 158 valence electrons. The highest BCUT2D eigenvalue weighted by Gasteiger charge is 2.19. The van der Waals surface area contributed by atoms with E-state index in [1.165, 1.54) is 19.3 Å². The Labute approximate surface area is 182 Å². The summed E-state index contributed by atoms with van der Waals surface area (Å²) >= 11 is 5.87. The number of azo groups is 1. The highest BCUT2D eigenvalue weighted by atomic mass is 79.9. The summed E-state index contributed by atoms with van der Waals surface area (Å²) in [6.45, 7) is 5.94. The van der Waals surface area contributed by atoms with Crippen molar-refractivity contribution in [3.05, 3.63) is 18.6 Å². The van der Waals surface area contributed by atoms with Gasteiger partial charge < -0.3 is 28.4 Å². The predicted molar refractivity (Wildman–Crippen MR) is 109 cm³/mol. The standard InChI is InChI=1S/C18H28ClN7.BrH.H3N/c1-2-3-4-5-10-24-13-14-25(11-6-8-19)18(24)23-22-16-15-21-26-12-7-9-20-17(16)26;;/h13-15H,2-12H2,1H3;1H;1H3. The van der Waals surface area contributed by atoms with Crippen LogP contribution in [0.5, 0.6) is 0 Å². The van der Waals surface area contributed by atoms with Gasteiger partial charge in [-0.1, -0.05) is 31.3 Å². The Kier molecular flexibility index (Phi) is 11.3. The van der Waals surface area contributed by atoms with Gasteiger partial charge in [0, 0.05) is 24.1 Å². The summed E-state index contributed by atoms with van der Waals surface area (Å²) in [7, 11) is 0. The van der Waals surface area contributed by atoms with Crippen molar-refractivity contribution < 1.29 is 21.5 Å². The van der Waals surface area contributed by atoms with Crippen LogP contribution < -0.4 is 33.0 Å². The third-order valence-corrected chi connectivity index (χ3v) is 4.90. The van der Waals surface area contributed by atoms with Crippen LogP contribution in [-0.4, -0.2) is 26.8 Å². The van der Waals surface area contributed by atoms with E-state index in [1.807, 2.05) is 4.68 Å². The molecule has 0 radical (unpaired) electrons. The fourth-order valence-corrected chi connectivity index (χ4v) is 3.32. The fourth-order valence-electron chi connectivity index (χ4n) is 3.20. The van der Waals surface area contributed by atoms with Gasteiger partial charge in [-0.2, -0.15) is 5.10 Å². The molecule has 0 saturated carbocycles. The van der Waals surface area contributed by atoms with E-state index >= 15 is 0 Å². The molecule has 3 heterocycles. The molecule has 1 aliphatic heterocycles. The second kappa shape index (κ2) is 12.9. The molecule has 3 rings (SSSR count). The number of imidazole rings is 1. The lowest BCUT2D eigenvalue weighted by Crippen LogP contribution is -3.00. The third kappa shape index (κ3) is 6.28. The van der Waals surface area contributed by atoms with E-state index in [2.05, 4.69) is 49.1 Å². The highest BCUT2D eigenvalue weighted by molar-refractivity contribution is 6.17. The number of alkyl halides is 1. The molecule has 0 saturated heterocycles. The normalized spacial score (nSPS) is 12.9. The number of anilines is 1. The number of aromatic nitrogens is 4. The molecule has 0 fully saturated rings. The molecule has 28 heavy (non-hydrogen) atoms. The third-order valence-electron chi connectivity index (χ3n) is 4.63. The van der Waals surface area contributed by atoms with Gasteiger partial charge in [0.25, 0.3) is 0 Å². The molecule has 0 atom stereocenters. The Morgan fingerprint density at radius 1 is 1.25 bits per heavy atom. The maximum Gasteiger partial charge on any atom is 0.421 e. The maximum absolute atomic E-state index is 5.87. The number of fused-ring (bicyclic) bond motifs is 1. The number of hydrogen-bond acceptors (Lipinski definition) is 5. The maximum atomic E-state index is 5.87. The summed E-state index contributed by atoms with van der Waals surface area (Å²) in [6.07, 6.45) is 12.9. The lowest BCUT2D eigenvalue weighted by Gasteiger charge is -2.15. The lowest BCUT2D eigenvalue weighted by atomic mass is 10.2. The number of aryl methyl sites for hydroxylation is 3. The average Bonchev–Trinajstić information content (AvgIpc) is 3.25. The zero-order valence-electron chi connectivity index (χ0n) is 16.7. The van der Waals surface area contributed by atoms with Gasteiger partial charge in [0.2, 0.25) is 0 Å². The van der Waals surface area contributed by atoms with E-state index in [9.17, 15) is 0 Å². The van der Waals surface area contributed by atoms with Crippen molar-refractivity contribution >= 4 is 29.1 Å². The molecule has 2 aromatic rings. The highest BCUT2D eigenvalue weighted by Crippen LogP contribution is 2.28. The SMILES string of the molecule is CCCCCCn1cc[n+](CCCCl)c1N=Nc1cnn2c1NCCC2.N.[Br-].